The minimum atomic E-state index is -1.13. The number of carbonyl (C=O) groups excluding carboxylic acids is 1. The highest BCUT2D eigenvalue weighted by molar-refractivity contribution is 6.30. The quantitative estimate of drug-likeness (QED) is 0.876. The molecule has 8 heteroatoms. The van der Waals surface area contributed by atoms with Crippen LogP contribution in [0.3, 0.4) is 0 Å². The van der Waals surface area contributed by atoms with Crippen LogP contribution in [-0.4, -0.2) is 41.6 Å². The topological polar surface area (TPSA) is 80.0 Å². The Bertz CT molecular complexity index is 850. The Kier molecular flexibility index (Phi) is 5.29. The molecular weight excluding hydrogens is 365 g/mol. The number of benzene rings is 1. The van der Waals surface area contributed by atoms with Gasteiger partial charge in [-0.05, 0) is 17.7 Å². The lowest BCUT2D eigenvalue weighted by Crippen LogP contribution is -2.42. The van der Waals surface area contributed by atoms with Crippen molar-refractivity contribution in [1.82, 2.24) is 4.90 Å². The molecule has 1 aromatic heterocycles. The van der Waals surface area contributed by atoms with E-state index in [4.69, 9.17) is 20.8 Å². The van der Waals surface area contributed by atoms with E-state index in [1.165, 1.54) is 23.1 Å². The van der Waals surface area contributed by atoms with Crippen molar-refractivity contribution in [1.29, 1.82) is 0 Å². The monoisotopic (exact) mass is 381 g/mol. The summed E-state index contributed by atoms with van der Waals surface area (Å²) in [6.45, 7) is 2.61. The molecule has 0 radical (unpaired) electrons. The summed E-state index contributed by atoms with van der Waals surface area (Å²) in [6, 6.07) is 5.54. The number of hydrogen-bond donors (Lipinski definition) is 1. The van der Waals surface area contributed by atoms with Gasteiger partial charge < -0.3 is 19.2 Å². The van der Waals surface area contributed by atoms with Gasteiger partial charge in [-0.25, -0.2) is 9.18 Å². The zero-order valence-corrected chi connectivity index (χ0v) is 14.8. The number of aromatic carboxylic acids is 1. The largest absolute Gasteiger partial charge is 0.478 e. The minimum Gasteiger partial charge on any atom is -0.478 e. The molecule has 0 aliphatic carbocycles. The number of carbonyl (C=O) groups is 2. The van der Waals surface area contributed by atoms with Crippen LogP contribution in [0.1, 0.15) is 45.3 Å². The molecule has 1 fully saturated rings. The van der Waals surface area contributed by atoms with Crippen LogP contribution in [-0.2, 0) is 11.2 Å². The summed E-state index contributed by atoms with van der Waals surface area (Å²) >= 11 is 5.81. The lowest BCUT2D eigenvalue weighted by Gasteiger charge is -2.32. The van der Waals surface area contributed by atoms with Gasteiger partial charge in [-0.3, -0.25) is 4.79 Å². The number of hydrogen-bond acceptors (Lipinski definition) is 4. The minimum absolute atomic E-state index is 0.00836. The van der Waals surface area contributed by atoms with E-state index in [-0.39, 0.29) is 28.7 Å². The Balaban J connectivity index is 1.79. The summed E-state index contributed by atoms with van der Waals surface area (Å²) in [5.41, 5.74) is 0.653. The van der Waals surface area contributed by atoms with E-state index in [1.807, 2.05) is 0 Å². The summed E-state index contributed by atoms with van der Waals surface area (Å²) in [4.78, 5) is 25.5. The van der Waals surface area contributed by atoms with Crippen molar-refractivity contribution in [2.45, 2.75) is 19.4 Å². The third kappa shape index (κ3) is 3.59. The Morgan fingerprint density at radius 3 is 2.77 bits per heavy atom. The maximum atomic E-state index is 13.3. The predicted molar refractivity (Wildman–Crippen MR) is 91.1 cm³/mol. The van der Waals surface area contributed by atoms with Crippen molar-refractivity contribution in [2.75, 3.05) is 19.7 Å². The van der Waals surface area contributed by atoms with Gasteiger partial charge in [0.2, 0.25) is 0 Å². The predicted octanol–water partition coefficient (Wildman–Crippen LogP) is 3.55. The van der Waals surface area contributed by atoms with E-state index >= 15 is 0 Å². The molecule has 0 bridgehead atoms. The fourth-order valence-electron chi connectivity index (χ4n) is 2.88. The molecule has 2 aromatic rings. The molecule has 1 saturated heterocycles. The van der Waals surface area contributed by atoms with E-state index in [9.17, 15) is 19.1 Å². The maximum absolute atomic E-state index is 13.3. The van der Waals surface area contributed by atoms with Crippen LogP contribution < -0.4 is 0 Å². The first kappa shape index (κ1) is 18.4. The zero-order valence-electron chi connectivity index (χ0n) is 14.0. The highest BCUT2D eigenvalue weighted by atomic mass is 35.5. The Morgan fingerprint density at radius 1 is 1.38 bits per heavy atom. The SMILES string of the molecule is CCc1oc(C(=O)N2CCOC(c3ccc(F)c(Cl)c3)C2)cc1C(=O)O. The number of amides is 1. The van der Waals surface area contributed by atoms with Gasteiger partial charge in [-0.1, -0.05) is 24.6 Å². The van der Waals surface area contributed by atoms with Crippen molar-refractivity contribution >= 4 is 23.5 Å². The van der Waals surface area contributed by atoms with Gasteiger partial charge in [0.25, 0.3) is 5.91 Å². The van der Waals surface area contributed by atoms with E-state index in [2.05, 4.69) is 0 Å². The standard InChI is InChI=1S/C18H17ClFNO5/c1-2-14-11(18(23)24)8-15(26-14)17(22)21-5-6-25-16(9-21)10-3-4-13(20)12(19)7-10/h3-4,7-8,16H,2,5-6,9H2,1H3,(H,23,24). The average molecular weight is 382 g/mol. The second-order valence-corrected chi connectivity index (χ2v) is 6.30. The lowest BCUT2D eigenvalue weighted by atomic mass is 10.1. The van der Waals surface area contributed by atoms with E-state index in [0.717, 1.165) is 0 Å². The third-order valence-corrected chi connectivity index (χ3v) is 4.53. The summed E-state index contributed by atoms with van der Waals surface area (Å²) in [5, 5.41) is 9.18. The fraction of sp³-hybridized carbons (Fsp3) is 0.333. The van der Waals surface area contributed by atoms with Crippen LogP contribution in [0.25, 0.3) is 0 Å². The molecule has 1 amide bonds. The second kappa shape index (κ2) is 7.47. The van der Waals surface area contributed by atoms with Crippen molar-refractivity contribution in [2.24, 2.45) is 0 Å². The number of rotatable bonds is 4. The summed E-state index contributed by atoms with van der Waals surface area (Å²) in [5.74, 6) is -1.82. The Hall–Kier alpha value is -2.38. The van der Waals surface area contributed by atoms with Crippen molar-refractivity contribution < 1.29 is 28.2 Å². The molecule has 6 nitrogen and oxygen atoms in total. The Labute approximate surface area is 154 Å². The number of carboxylic acid groups (broad SMARTS) is 1. The molecule has 1 aliphatic heterocycles. The van der Waals surface area contributed by atoms with E-state index in [0.29, 0.717) is 25.1 Å². The van der Waals surface area contributed by atoms with Gasteiger partial charge in [-0.15, -0.1) is 0 Å². The third-order valence-electron chi connectivity index (χ3n) is 4.24. The molecular formula is C18H17ClFNO5. The van der Waals surface area contributed by atoms with Gasteiger partial charge in [-0.2, -0.15) is 0 Å². The number of carboxylic acids is 1. The summed E-state index contributed by atoms with van der Waals surface area (Å²) < 4.78 is 24.4. The van der Waals surface area contributed by atoms with Crippen LogP contribution >= 0.6 is 11.6 Å². The summed E-state index contributed by atoms with van der Waals surface area (Å²) in [7, 11) is 0. The number of nitrogens with zero attached hydrogens (tertiary/aromatic N) is 1. The van der Waals surface area contributed by atoms with Gasteiger partial charge >= 0.3 is 5.97 Å². The summed E-state index contributed by atoms with van der Waals surface area (Å²) in [6.07, 6.45) is -0.0836. The first-order valence-corrected chi connectivity index (χ1v) is 8.50. The van der Waals surface area contributed by atoms with Crippen LogP contribution in [0.4, 0.5) is 4.39 Å². The van der Waals surface area contributed by atoms with Crippen LogP contribution in [0.2, 0.25) is 5.02 Å². The molecule has 26 heavy (non-hydrogen) atoms. The average Bonchev–Trinajstić information content (AvgIpc) is 3.08. The van der Waals surface area contributed by atoms with Gasteiger partial charge in [0.15, 0.2) is 5.76 Å². The van der Waals surface area contributed by atoms with Crippen LogP contribution in [0.5, 0.6) is 0 Å². The molecule has 0 saturated carbocycles. The molecule has 1 atom stereocenters. The first-order valence-electron chi connectivity index (χ1n) is 8.12. The number of furan rings is 1. The van der Waals surface area contributed by atoms with Crippen molar-refractivity contribution in [3.05, 3.63) is 57.8 Å². The smallest absolute Gasteiger partial charge is 0.339 e. The normalized spacial score (nSPS) is 17.3. The van der Waals surface area contributed by atoms with Crippen LogP contribution in [0, 0.1) is 5.82 Å². The number of morpholine rings is 1. The molecule has 1 unspecified atom stereocenters. The van der Waals surface area contributed by atoms with Crippen LogP contribution in [0.15, 0.2) is 28.7 Å². The molecule has 0 spiro atoms. The maximum Gasteiger partial charge on any atom is 0.339 e. The van der Waals surface area contributed by atoms with Gasteiger partial charge in [0.05, 0.1) is 18.2 Å². The fourth-order valence-corrected chi connectivity index (χ4v) is 3.07. The molecule has 1 N–H and O–H groups in total. The molecule has 1 aromatic carbocycles. The van der Waals surface area contributed by atoms with E-state index in [1.54, 1.807) is 13.0 Å². The van der Waals surface area contributed by atoms with Gasteiger partial charge in [0.1, 0.15) is 23.2 Å². The lowest BCUT2D eigenvalue weighted by molar-refractivity contribution is -0.0238. The molecule has 3 rings (SSSR count). The highest BCUT2D eigenvalue weighted by Gasteiger charge is 2.29. The number of ether oxygens (including phenoxy) is 1. The molecule has 1 aliphatic rings. The molecule has 2 heterocycles. The Morgan fingerprint density at radius 2 is 2.15 bits per heavy atom. The second-order valence-electron chi connectivity index (χ2n) is 5.89. The van der Waals surface area contributed by atoms with Crippen molar-refractivity contribution in [3.8, 4) is 0 Å². The van der Waals surface area contributed by atoms with Crippen molar-refractivity contribution in [3.63, 3.8) is 0 Å². The van der Waals surface area contributed by atoms with Gasteiger partial charge in [0, 0.05) is 19.0 Å². The molecule has 138 valence electrons. The number of aryl methyl sites for hydroxylation is 1. The van der Waals surface area contributed by atoms with E-state index < -0.39 is 23.8 Å². The number of halogens is 2. The zero-order chi connectivity index (χ0) is 18.8. The first-order chi connectivity index (χ1) is 12.4. The highest BCUT2D eigenvalue weighted by Crippen LogP contribution is 2.27.